The summed E-state index contributed by atoms with van der Waals surface area (Å²) in [5, 5.41) is 16.9. The van der Waals surface area contributed by atoms with Crippen molar-refractivity contribution in [2.24, 2.45) is 0 Å². The molecule has 2 N–H and O–H groups in total. The number of aliphatic hydroxyl groups excluding tert-OH is 1. The number of methoxy groups -OCH3 is 1. The van der Waals surface area contributed by atoms with Crippen LogP contribution in [0.3, 0.4) is 0 Å². The molecule has 9 heteroatoms. The molecule has 0 aliphatic carbocycles. The zero-order valence-electron chi connectivity index (χ0n) is 14.0. The molecular formula is C17H16FN3O4S. The fourth-order valence-corrected chi connectivity index (χ4v) is 3.55. The van der Waals surface area contributed by atoms with Gasteiger partial charge in [-0.1, -0.05) is 0 Å². The first kappa shape index (κ1) is 18.0. The molecule has 0 bridgehead atoms. The van der Waals surface area contributed by atoms with Crippen LogP contribution in [0, 0.1) is 12.7 Å². The number of nitrogens with one attached hydrogen (secondary N) is 1. The monoisotopic (exact) mass is 377 g/mol. The van der Waals surface area contributed by atoms with Crippen LogP contribution in [0.25, 0.3) is 15.9 Å². The minimum Gasteiger partial charge on any atom is -0.467 e. The van der Waals surface area contributed by atoms with Gasteiger partial charge in [-0.05, 0) is 37.3 Å². The highest BCUT2D eigenvalue weighted by Crippen LogP contribution is 2.30. The van der Waals surface area contributed by atoms with Crippen LogP contribution in [0.1, 0.15) is 15.4 Å². The molecule has 1 amide bonds. The number of nitrogens with zero attached hydrogens (tertiary/aromatic N) is 2. The maximum absolute atomic E-state index is 13.1. The predicted octanol–water partition coefficient (Wildman–Crippen LogP) is 1.80. The van der Waals surface area contributed by atoms with Gasteiger partial charge in [0.05, 0.1) is 30.0 Å². The number of hydrogen-bond donors (Lipinski definition) is 2. The summed E-state index contributed by atoms with van der Waals surface area (Å²) in [7, 11) is 1.18. The maximum Gasteiger partial charge on any atom is 0.330 e. The number of aliphatic hydroxyl groups is 1. The molecule has 0 fully saturated rings. The lowest BCUT2D eigenvalue weighted by molar-refractivity contribution is -0.143. The average Bonchev–Trinajstić information content (AvgIpc) is 3.20. The first-order valence-corrected chi connectivity index (χ1v) is 8.51. The number of thiophene rings is 1. The molecule has 2 aromatic heterocycles. The van der Waals surface area contributed by atoms with Crippen molar-refractivity contribution in [3.63, 3.8) is 0 Å². The SMILES string of the molecule is COC(=O)[C@@H](CO)NC(=O)c1cc2c(C)nn(-c3ccc(F)cc3)c2s1. The molecule has 0 spiro atoms. The summed E-state index contributed by atoms with van der Waals surface area (Å²) in [4.78, 5) is 25.0. The maximum atomic E-state index is 13.1. The average molecular weight is 377 g/mol. The summed E-state index contributed by atoms with van der Waals surface area (Å²) in [6.07, 6.45) is 0. The molecular weight excluding hydrogens is 361 g/mol. The van der Waals surface area contributed by atoms with Gasteiger partial charge < -0.3 is 15.2 Å². The van der Waals surface area contributed by atoms with Crippen LogP contribution in [-0.4, -0.2) is 46.5 Å². The topological polar surface area (TPSA) is 93.4 Å². The number of halogens is 1. The quantitative estimate of drug-likeness (QED) is 0.662. The molecule has 0 unspecified atom stereocenters. The Balaban J connectivity index is 1.94. The Kier molecular flexibility index (Phi) is 5.01. The Hall–Kier alpha value is -2.78. The number of carbonyl (C=O) groups excluding carboxylic acids is 2. The van der Waals surface area contributed by atoms with E-state index < -0.39 is 24.5 Å². The molecule has 2 heterocycles. The Morgan fingerprint density at radius 2 is 2.08 bits per heavy atom. The van der Waals surface area contributed by atoms with E-state index in [0.29, 0.717) is 16.3 Å². The Morgan fingerprint density at radius 3 is 2.69 bits per heavy atom. The number of aryl methyl sites for hydroxylation is 1. The highest BCUT2D eigenvalue weighted by molar-refractivity contribution is 7.20. The van der Waals surface area contributed by atoms with Gasteiger partial charge in [-0.15, -0.1) is 11.3 Å². The van der Waals surface area contributed by atoms with Gasteiger partial charge in [-0.3, -0.25) is 4.79 Å². The molecule has 0 saturated carbocycles. The van der Waals surface area contributed by atoms with Crippen molar-refractivity contribution in [2.75, 3.05) is 13.7 Å². The predicted molar refractivity (Wildman–Crippen MR) is 94.0 cm³/mol. The van der Waals surface area contributed by atoms with Gasteiger partial charge in [0, 0.05) is 5.39 Å². The number of carbonyl (C=O) groups is 2. The smallest absolute Gasteiger partial charge is 0.330 e. The third-order valence-electron chi connectivity index (χ3n) is 3.81. The van der Waals surface area contributed by atoms with Gasteiger partial charge in [0.2, 0.25) is 0 Å². The van der Waals surface area contributed by atoms with Crippen LogP contribution in [0.4, 0.5) is 4.39 Å². The van der Waals surface area contributed by atoms with E-state index in [-0.39, 0.29) is 5.82 Å². The van der Waals surface area contributed by atoms with E-state index in [2.05, 4.69) is 15.2 Å². The van der Waals surface area contributed by atoms with Crippen molar-refractivity contribution in [1.29, 1.82) is 0 Å². The highest BCUT2D eigenvalue weighted by Gasteiger charge is 2.23. The van der Waals surface area contributed by atoms with E-state index in [1.54, 1.807) is 22.9 Å². The van der Waals surface area contributed by atoms with E-state index >= 15 is 0 Å². The molecule has 136 valence electrons. The van der Waals surface area contributed by atoms with Crippen molar-refractivity contribution in [3.8, 4) is 5.69 Å². The zero-order chi connectivity index (χ0) is 18.8. The Morgan fingerprint density at radius 1 is 1.38 bits per heavy atom. The molecule has 0 radical (unpaired) electrons. The third kappa shape index (κ3) is 3.31. The number of aromatic nitrogens is 2. The number of rotatable bonds is 5. The number of amides is 1. The minimum atomic E-state index is -1.13. The van der Waals surface area contributed by atoms with Gasteiger partial charge in [0.25, 0.3) is 5.91 Å². The van der Waals surface area contributed by atoms with E-state index in [1.165, 1.54) is 30.6 Å². The largest absolute Gasteiger partial charge is 0.467 e. The van der Waals surface area contributed by atoms with Gasteiger partial charge in [-0.25, -0.2) is 13.9 Å². The lowest BCUT2D eigenvalue weighted by atomic mass is 10.2. The van der Waals surface area contributed by atoms with Gasteiger partial charge >= 0.3 is 5.97 Å². The molecule has 3 aromatic rings. The van der Waals surface area contributed by atoms with Crippen LogP contribution in [-0.2, 0) is 9.53 Å². The summed E-state index contributed by atoms with van der Waals surface area (Å²) >= 11 is 1.18. The van der Waals surface area contributed by atoms with Gasteiger partial charge in [-0.2, -0.15) is 5.10 Å². The molecule has 0 saturated heterocycles. The molecule has 1 atom stereocenters. The van der Waals surface area contributed by atoms with Crippen molar-refractivity contribution >= 4 is 33.4 Å². The number of hydrogen-bond acceptors (Lipinski definition) is 6. The van der Waals surface area contributed by atoms with Gasteiger partial charge in [0.15, 0.2) is 6.04 Å². The first-order chi connectivity index (χ1) is 12.4. The summed E-state index contributed by atoms with van der Waals surface area (Å²) in [5.74, 6) is -1.57. The van der Waals surface area contributed by atoms with Crippen molar-refractivity contribution in [2.45, 2.75) is 13.0 Å². The van der Waals surface area contributed by atoms with Gasteiger partial charge in [0.1, 0.15) is 10.6 Å². The van der Waals surface area contributed by atoms with Crippen LogP contribution in [0.2, 0.25) is 0 Å². The lowest BCUT2D eigenvalue weighted by Crippen LogP contribution is -2.43. The second-order valence-corrected chi connectivity index (χ2v) is 6.57. The number of benzene rings is 1. The molecule has 7 nitrogen and oxygen atoms in total. The zero-order valence-corrected chi connectivity index (χ0v) is 14.8. The molecule has 0 aliphatic heterocycles. The van der Waals surface area contributed by atoms with Crippen molar-refractivity contribution < 1.29 is 23.8 Å². The number of ether oxygens (including phenoxy) is 1. The molecule has 26 heavy (non-hydrogen) atoms. The number of esters is 1. The second kappa shape index (κ2) is 7.22. The van der Waals surface area contributed by atoms with E-state index in [9.17, 15) is 19.1 Å². The molecule has 3 rings (SSSR count). The third-order valence-corrected chi connectivity index (χ3v) is 4.92. The fourth-order valence-electron chi connectivity index (χ4n) is 2.47. The molecule has 1 aromatic carbocycles. The van der Waals surface area contributed by atoms with Crippen LogP contribution in [0.15, 0.2) is 30.3 Å². The summed E-state index contributed by atoms with van der Waals surface area (Å²) in [6, 6.07) is 6.40. The minimum absolute atomic E-state index is 0.349. The number of fused-ring (bicyclic) bond motifs is 1. The van der Waals surface area contributed by atoms with Crippen molar-refractivity contribution in [1.82, 2.24) is 15.1 Å². The normalized spacial score (nSPS) is 12.2. The van der Waals surface area contributed by atoms with Crippen LogP contribution >= 0.6 is 11.3 Å². The van der Waals surface area contributed by atoms with Crippen molar-refractivity contribution in [3.05, 3.63) is 46.7 Å². The van der Waals surface area contributed by atoms with E-state index in [1.807, 2.05) is 6.92 Å². The van der Waals surface area contributed by atoms with Crippen LogP contribution in [0.5, 0.6) is 0 Å². The standard InChI is InChI=1S/C17H16FN3O4S/c1-9-12-7-14(15(23)19-13(8-22)17(24)25-2)26-16(12)21(20-9)11-5-3-10(18)4-6-11/h3-7,13,22H,8H2,1-2H3,(H,19,23)/t13-/m1/s1. The second-order valence-electron chi connectivity index (χ2n) is 5.53. The van der Waals surface area contributed by atoms with E-state index in [4.69, 9.17) is 0 Å². The lowest BCUT2D eigenvalue weighted by Gasteiger charge is -2.12. The molecule has 0 aliphatic rings. The Labute approximate surface area is 152 Å². The highest BCUT2D eigenvalue weighted by atomic mass is 32.1. The summed E-state index contributed by atoms with van der Waals surface area (Å²) in [5.41, 5.74) is 1.38. The van der Waals surface area contributed by atoms with E-state index in [0.717, 1.165) is 10.2 Å². The van der Waals surface area contributed by atoms with Crippen LogP contribution < -0.4 is 5.32 Å². The summed E-state index contributed by atoms with van der Waals surface area (Å²) < 4.78 is 19.3. The Bertz CT molecular complexity index is 964. The first-order valence-electron chi connectivity index (χ1n) is 7.69. The fraction of sp³-hybridized carbons (Fsp3) is 0.235. The summed E-state index contributed by atoms with van der Waals surface area (Å²) in [6.45, 7) is 1.24.